The van der Waals surface area contributed by atoms with Crippen LogP contribution in [0.2, 0.25) is 0 Å². The molecule has 0 amide bonds. The molecule has 120 valence electrons. The van der Waals surface area contributed by atoms with Crippen LogP contribution in [0.5, 0.6) is 0 Å². The third-order valence-corrected chi connectivity index (χ3v) is 4.08. The van der Waals surface area contributed by atoms with Gasteiger partial charge in [0.15, 0.2) is 12.1 Å². The fourth-order valence-corrected chi connectivity index (χ4v) is 2.99. The Morgan fingerprint density at radius 1 is 0.840 bits per heavy atom. The van der Waals surface area contributed by atoms with Gasteiger partial charge in [-0.05, 0) is 29.3 Å². The molecule has 0 aliphatic heterocycles. The van der Waals surface area contributed by atoms with Gasteiger partial charge in [0.25, 0.3) is 0 Å². The molecule has 0 fully saturated rings. The van der Waals surface area contributed by atoms with E-state index >= 15 is 0 Å². The first-order valence-electron chi connectivity index (χ1n) is 8.05. The molecular weight excluding hydrogens is 310 g/mol. The van der Waals surface area contributed by atoms with E-state index < -0.39 is 0 Å². The Kier molecular flexibility index (Phi) is 4.01. The highest BCUT2D eigenvalue weighted by Crippen LogP contribution is 2.30. The molecule has 0 atom stereocenters. The van der Waals surface area contributed by atoms with Crippen molar-refractivity contribution in [1.82, 2.24) is 15.0 Å². The lowest BCUT2D eigenvalue weighted by atomic mass is 9.98. The van der Waals surface area contributed by atoms with Crippen LogP contribution in [0.4, 0.5) is 0 Å². The van der Waals surface area contributed by atoms with E-state index in [9.17, 15) is 4.79 Å². The normalized spacial score (nSPS) is 10.7. The Labute approximate surface area is 145 Å². The van der Waals surface area contributed by atoms with Crippen LogP contribution in [0, 0.1) is 0 Å². The molecule has 4 aromatic rings. The lowest BCUT2D eigenvalue weighted by molar-refractivity contribution is 0.111. The monoisotopic (exact) mass is 325 g/mol. The summed E-state index contributed by atoms with van der Waals surface area (Å²) in [6, 6.07) is 21.8. The van der Waals surface area contributed by atoms with E-state index in [0.29, 0.717) is 12.7 Å². The lowest BCUT2D eigenvalue weighted by Gasteiger charge is -2.11. The Morgan fingerprint density at radius 3 is 2.44 bits per heavy atom. The Bertz CT molecular complexity index is 1030. The maximum absolute atomic E-state index is 11.3. The van der Waals surface area contributed by atoms with Gasteiger partial charge in [-0.3, -0.25) is 9.78 Å². The van der Waals surface area contributed by atoms with Crippen molar-refractivity contribution < 1.29 is 4.79 Å². The molecule has 0 saturated carbocycles. The van der Waals surface area contributed by atoms with Crippen LogP contribution in [0.1, 0.15) is 22.0 Å². The predicted octanol–water partition coefficient (Wildman–Crippen LogP) is 4.10. The van der Waals surface area contributed by atoms with Crippen molar-refractivity contribution in [3.63, 3.8) is 0 Å². The molecule has 4 nitrogen and oxygen atoms in total. The molecule has 0 radical (unpaired) electrons. The van der Waals surface area contributed by atoms with Crippen molar-refractivity contribution in [3.8, 4) is 11.1 Å². The quantitative estimate of drug-likeness (QED) is 0.530. The molecule has 0 spiro atoms. The first kappa shape index (κ1) is 15.1. The molecule has 0 bridgehead atoms. The zero-order chi connectivity index (χ0) is 17.1. The fraction of sp³-hybridized carbons (Fsp3) is 0.0476. The summed E-state index contributed by atoms with van der Waals surface area (Å²) in [7, 11) is 0. The second kappa shape index (κ2) is 6.61. The minimum atomic E-state index is 0.198. The zero-order valence-electron chi connectivity index (χ0n) is 13.5. The van der Waals surface area contributed by atoms with Gasteiger partial charge < -0.3 is 0 Å². The first-order valence-corrected chi connectivity index (χ1v) is 8.05. The van der Waals surface area contributed by atoms with Gasteiger partial charge in [0, 0.05) is 23.7 Å². The van der Waals surface area contributed by atoms with Gasteiger partial charge in [-0.2, -0.15) is 0 Å². The molecule has 2 aromatic carbocycles. The average molecular weight is 325 g/mol. The van der Waals surface area contributed by atoms with Crippen LogP contribution >= 0.6 is 0 Å². The molecule has 4 heteroatoms. The van der Waals surface area contributed by atoms with Crippen LogP contribution < -0.4 is 0 Å². The molecule has 0 saturated heterocycles. The molecule has 0 aliphatic carbocycles. The number of fused-ring (bicyclic) bond motifs is 1. The van der Waals surface area contributed by atoms with Crippen LogP contribution in [0.15, 0.2) is 72.9 Å². The highest BCUT2D eigenvalue weighted by Gasteiger charge is 2.13. The zero-order valence-corrected chi connectivity index (χ0v) is 13.5. The summed E-state index contributed by atoms with van der Waals surface area (Å²) < 4.78 is 0. The molecule has 0 unspecified atom stereocenters. The number of nitrogens with zero attached hydrogens (tertiary/aromatic N) is 3. The van der Waals surface area contributed by atoms with Gasteiger partial charge >= 0.3 is 0 Å². The summed E-state index contributed by atoms with van der Waals surface area (Å²) >= 11 is 0. The van der Waals surface area contributed by atoms with Crippen LogP contribution in [0.3, 0.4) is 0 Å². The van der Waals surface area contributed by atoms with E-state index in [4.69, 9.17) is 0 Å². The van der Waals surface area contributed by atoms with Crippen LogP contribution in [-0.4, -0.2) is 21.2 Å². The predicted molar refractivity (Wildman–Crippen MR) is 97.4 cm³/mol. The standard InChI is InChI=1S/C21H15N3O/c25-14-20-23-18-11-6-10-17(15-7-2-1-3-8-15)21(18)19(24-20)13-16-9-4-5-12-22-16/h1-12,14H,13H2. The molecule has 0 aliphatic rings. The Morgan fingerprint density at radius 2 is 1.68 bits per heavy atom. The highest BCUT2D eigenvalue weighted by atomic mass is 16.1. The molecular formula is C21H15N3O. The molecule has 0 N–H and O–H groups in total. The first-order chi connectivity index (χ1) is 12.3. The number of aldehydes is 1. The summed E-state index contributed by atoms with van der Waals surface area (Å²) in [6.45, 7) is 0. The van der Waals surface area contributed by atoms with Gasteiger partial charge in [-0.1, -0.05) is 48.5 Å². The van der Waals surface area contributed by atoms with Crippen molar-refractivity contribution in [2.24, 2.45) is 0 Å². The van der Waals surface area contributed by atoms with Gasteiger partial charge in [-0.25, -0.2) is 9.97 Å². The molecule has 2 aromatic heterocycles. The van der Waals surface area contributed by atoms with Crippen molar-refractivity contribution in [2.45, 2.75) is 6.42 Å². The van der Waals surface area contributed by atoms with Gasteiger partial charge in [0.1, 0.15) is 0 Å². The van der Waals surface area contributed by atoms with Crippen LogP contribution in [-0.2, 0) is 6.42 Å². The number of hydrogen-bond acceptors (Lipinski definition) is 4. The maximum Gasteiger partial charge on any atom is 0.193 e. The second-order valence-corrected chi connectivity index (χ2v) is 5.71. The minimum Gasteiger partial charge on any atom is -0.294 e. The number of carbonyl (C=O) groups excluding carboxylic acids is 1. The highest BCUT2D eigenvalue weighted by molar-refractivity contribution is 5.97. The largest absolute Gasteiger partial charge is 0.294 e. The Balaban J connectivity index is 1.97. The minimum absolute atomic E-state index is 0.198. The number of hydrogen-bond donors (Lipinski definition) is 0. The van der Waals surface area contributed by atoms with Crippen molar-refractivity contribution in [2.75, 3.05) is 0 Å². The summed E-state index contributed by atoms with van der Waals surface area (Å²) in [6.07, 6.45) is 3.00. The molecule has 2 heterocycles. The Hall–Kier alpha value is -3.40. The summed E-state index contributed by atoms with van der Waals surface area (Å²) in [5.41, 5.74) is 4.64. The third-order valence-electron chi connectivity index (χ3n) is 4.08. The van der Waals surface area contributed by atoms with Crippen molar-refractivity contribution in [3.05, 3.63) is 90.1 Å². The number of pyridine rings is 1. The molecule has 25 heavy (non-hydrogen) atoms. The summed E-state index contributed by atoms with van der Waals surface area (Å²) in [4.78, 5) is 24.5. The third kappa shape index (κ3) is 3.02. The number of rotatable bonds is 4. The van der Waals surface area contributed by atoms with Gasteiger partial charge in [-0.15, -0.1) is 0 Å². The van der Waals surface area contributed by atoms with Crippen LogP contribution in [0.25, 0.3) is 22.0 Å². The fourth-order valence-electron chi connectivity index (χ4n) is 2.99. The smallest absolute Gasteiger partial charge is 0.193 e. The van der Waals surface area contributed by atoms with Crippen molar-refractivity contribution >= 4 is 17.2 Å². The van der Waals surface area contributed by atoms with Gasteiger partial charge in [0.2, 0.25) is 0 Å². The van der Waals surface area contributed by atoms with E-state index in [-0.39, 0.29) is 5.82 Å². The van der Waals surface area contributed by atoms with E-state index in [1.165, 1.54) is 0 Å². The molecule has 4 rings (SSSR count). The summed E-state index contributed by atoms with van der Waals surface area (Å²) in [5, 5.41) is 0.963. The van der Waals surface area contributed by atoms with E-state index in [2.05, 4.69) is 33.2 Å². The number of aromatic nitrogens is 3. The number of benzene rings is 2. The van der Waals surface area contributed by atoms with Crippen molar-refractivity contribution in [1.29, 1.82) is 0 Å². The van der Waals surface area contributed by atoms with E-state index in [0.717, 1.165) is 33.4 Å². The maximum atomic E-state index is 11.3. The van der Waals surface area contributed by atoms with Gasteiger partial charge in [0.05, 0.1) is 11.2 Å². The topological polar surface area (TPSA) is 55.7 Å². The summed E-state index contributed by atoms with van der Waals surface area (Å²) in [5.74, 6) is 0.198. The van der Waals surface area contributed by atoms with E-state index in [1.807, 2.05) is 48.5 Å². The number of carbonyl (C=O) groups is 1. The SMILES string of the molecule is O=Cc1nc(Cc2ccccn2)c2c(-c3ccccc3)cccc2n1. The second-order valence-electron chi connectivity index (χ2n) is 5.71. The average Bonchev–Trinajstić information content (AvgIpc) is 2.68. The lowest BCUT2D eigenvalue weighted by Crippen LogP contribution is -2.03. The van der Waals surface area contributed by atoms with E-state index in [1.54, 1.807) is 6.20 Å².